The normalized spacial score (nSPS) is 12.2. The molecule has 3 heteroatoms. The average Bonchev–Trinajstić information content (AvgIpc) is 2.37. The lowest BCUT2D eigenvalue weighted by Gasteiger charge is -2.12. The van der Waals surface area contributed by atoms with Gasteiger partial charge in [0.25, 0.3) is 0 Å². The van der Waals surface area contributed by atoms with Crippen LogP contribution < -0.4 is 15.2 Å². The molecular weight excluding hydrogens is 226 g/mol. The topological polar surface area (TPSA) is 44.5 Å². The molecule has 1 atom stereocenters. The highest BCUT2D eigenvalue weighted by Crippen LogP contribution is 2.28. The first kappa shape index (κ1) is 14.8. The maximum atomic E-state index is 5.78. The van der Waals surface area contributed by atoms with Gasteiger partial charge in [-0.05, 0) is 43.9 Å². The van der Waals surface area contributed by atoms with Crippen LogP contribution in [0.2, 0.25) is 0 Å². The van der Waals surface area contributed by atoms with Crippen molar-refractivity contribution in [2.75, 3.05) is 13.7 Å². The predicted molar refractivity (Wildman–Crippen MR) is 75.4 cm³/mol. The summed E-state index contributed by atoms with van der Waals surface area (Å²) in [5.41, 5.74) is 7.03. The molecule has 0 radical (unpaired) electrons. The standard InChI is InChI=1S/C15H25NO2/c1-4-5-10-18-15-11-13(7-6-12(2)16)8-9-14(15)17-3/h8-9,11-12H,4-7,10,16H2,1-3H3. The Morgan fingerprint density at radius 3 is 2.67 bits per heavy atom. The third-order valence-electron chi connectivity index (χ3n) is 2.87. The SMILES string of the molecule is CCCCOc1cc(CCC(C)N)ccc1OC. The molecule has 0 saturated carbocycles. The number of ether oxygens (including phenoxy) is 2. The summed E-state index contributed by atoms with van der Waals surface area (Å²) in [6.07, 6.45) is 4.16. The van der Waals surface area contributed by atoms with Crippen molar-refractivity contribution < 1.29 is 9.47 Å². The Bertz CT molecular complexity index is 350. The molecule has 0 aliphatic carbocycles. The maximum absolute atomic E-state index is 5.78. The Labute approximate surface area is 110 Å². The van der Waals surface area contributed by atoms with Crippen LogP contribution in [0.4, 0.5) is 0 Å². The predicted octanol–water partition coefficient (Wildman–Crippen LogP) is 3.15. The third-order valence-corrected chi connectivity index (χ3v) is 2.87. The van der Waals surface area contributed by atoms with Crippen molar-refractivity contribution in [3.8, 4) is 11.5 Å². The number of unbranched alkanes of at least 4 members (excludes halogenated alkanes) is 1. The Morgan fingerprint density at radius 2 is 2.06 bits per heavy atom. The van der Waals surface area contributed by atoms with Crippen molar-refractivity contribution >= 4 is 0 Å². The average molecular weight is 251 g/mol. The Kier molecular flexibility index (Phi) is 6.58. The lowest BCUT2D eigenvalue weighted by molar-refractivity contribution is 0.288. The second-order valence-electron chi connectivity index (χ2n) is 4.70. The fraction of sp³-hybridized carbons (Fsp3) is 0.600. The van der Waals surface area contributed by atoms with E-state index in [0.29, 0.717) is 0 Å². The second-order valence-corrected chi connectivity index (χ2v) is 4.70. The van der Waals surface area contributed by atoms with E-state index in [2.05, 4.69) is 19.1 Å². The van der Waals surface area contributed by atoms with E-state index in [0.717, 1.165) is 43.8 Å². The molecule has 0 saturated heterocycles. The molecule has 18 heavy (non-hydrogen) atoms. The molecule has 0 aliphatic heterocycles. The molecule has 2 N–H and O–H groups in total. The van der Waals surface area contributed by atoms with Crippen LogP contribution in [0.1, 0.15) is 38.7 Å². The van der Waals surface area contributed by atoms with Gasteiger partial charge in [-0.3, -0.25) is 0 Å². The molecule has 0 fully saturated rings. The highest BCUT2D eigenvalue weighted by atomic mass is 16.5. The first-order valence-electron chi connectivity index (χ1n) is 6.72. The van der Waals surface area contributed by atoms with Crippen LogP contribution in [-0.4, -0.2) is 19.8 Å². The fourth-order valence-electron chi connectivity index (χ4n) is 1.71. The quantitative estimate of drug-likeness (QED) is 0.722. The van der Waals surface area contributed by atoms with Crippen molar-refractivity contribution in [2.45, 2.75) is 45.6 Å². The van der Waals surface area contributed by atoms with E-state index >= 15 is 0 Å². The first-order valence-corrected chi connectivity index (χ1v) is 6.72. The molecule has 0 aliphatic rings. The van der Waals surface area contributed by atoms with Gasteiger partial charge >= 0.3 is 0 Å². The van der Waals surface area contributed by atoms with Crippen molar-refractivity contribution in [3.05, 3.63) is 23.8 Å². The summed E-state index contributed by atoms with van der Waals surface area (Å²) in [7, 11) is 1.67. The number of benzene rings is 1. The molecule has 0 heterocycles. The highest BCUT2D eigenvalue weighted by molar-refractivity contribution is 5.43. The monoisotopic (exact) mass is 251 g/mol. The number of hydrogen-bond acceptors (Lipinski definition) is 3. The summed E-state index contributed by atoms with van der Waals surface area (Å²) in [6, 6.07) is 6.35. The fourth-order valence-corrected chi connectivity index (χ4v) is 1.71. The molecule has 1 aromatic rings. The minimum absolute atomic E-state index is 0.233. The number of methoxy groups -OCH3 is 1. The van der Waals surface area contributed by atoms with E-state index in [-0.39, 0.29) is 6.04 Å². The summed E-state index contributed by atoms with van der Waals surface area (Å²) < 4.78 is 11.1. The minimum Gasteiger partial charge on any atom is -0.493 e. The molecular formula is C15H25NO2. The van der Waals surface area contributed by atoms with E-state index in [4.69, 9.17) is 15.2 Å². The van der Waals surface area contributed by atoms with Crippen LogP contribution >= 0.6 is 0 Å². The Morgan fingerprint density at radius 1 is 1.28 bits per heavy atom. The van der Waals surface area contributed by atoms with Crippen molar-refractivity contribution in [1.29, 1.82) is 0 Å². The van der Waals surface area contributed by atoms with Crippen LogP contribution in [0, 0.1) is 0 Å². The summed E-state index contributed by atoms with van der Waals surface area (Å²) in [5.74, 6) is 1.64. The van der Waals surface area contributed by atoms with Crippen LogP contribution in [0.5, 0.6) is 11.5 Å². The lowest BCUT2D eigenvalue weighted by atomic mass is 10.1. The molecule has 0 amide bonds. The molecule has 102 valence electrons. The Balaban J connectivity index is 2.68. The van der Waals surface area contributed by atoms with Crippen molar-refractivity contribution in [1.82, 2.24) is 0 Å². The largest absolute Gasteiger partial charge is 0.493 e. The zero-order valence-corrected chi connectivity index (χ0v) is 11.7. The van der Waals surface area contributed by atoms with Crippen LogP contribution in [0.3, 0.4) is 0 Å². The molecule has 1 rings (SSSR count). The van der Waals surface area contributed by atoms with Crippen molar-refractivity contribution in [3.63, 3.8) is 0 Å². The van der Waals surface area contributed by atoms with Crippen molar-refractivity contribution in [2.24, 2.45) is 5.73 Å². The van der Waals surface area contributed by atoms with E-state index in [1.807, 2.05) is 13.0 Å². The van der Waals surface area contributed by atoms with Gasteiger partial charge in [-0.15, -0.1) is 0 Å². The van der Waals surface area contributed by atoms with Gasteiger partial charge in [0, 0.05) is 6.04 Å². The third kappa shape index (κ3) is 4.96. The maximum Gasteiger partial charge on any atom is 0.161 e. The minimum atomic E-state index is 0.233. The summed E-state index contributed by atoms with van der Waals surface area (Å²) >= 11 is 0. The van der Waals surface area contributed by atoms with Crippen LogP contribution in [0.15, 0.2) is 18.2 Å². The van der Waals surface area contributed by atoms with Gasteiger partial charge in [0.05, 0.1) is 13.7 Å². The Hall–Kier alpha value is -1.22. The van der Waals surface area contributed by atoms with Gasteiger partial charge in [0.15, 0.2) is 11.5 Å². The number of aryl methyl sites for hydroxylation is 1. The van der Waals surface area contributed by atoms with Gasteiger partial charge in [-0.1, -0.05) is 19.4 Å². The zero-order valence-electron chi connectivity index (χ0n) is 11.7. The van der Waals surface area contributed by atoms with Gasteiger partial charge in [-0.25, -0.2) is 0 Å². The van der Waals surface area contributed by atoms with Crippen LogP contribution in [-0.2, 0) is 6.42 Å². The number of hydrogen-bond donors (Lipinski definition) is 1. The van der Waals surface area contributed by atoms with Gasteiger partial charge in [-0.2, -0.15) is 0 Å². The molecule has 0 bridgehead atoms. The number of rotatable bonds is 8. The molecule has 0 spiro atoms. The van der Waals surface area contributed by atoms with Gasteiger partial charge < -0.3 is 15.2 Å². The van der Waals surface area contributed by atoms with E-state index in [1.54, 1.807) is 7.11 Å². The van der Waals surface area contributed by atoms with E-state index in [9.17, 15) is 0 Å². The van der Waals surface area contributed by atoms with E-state index in [1.165, 1.54) is 5.56 Å². The number of nitrogens with two attached hydrogens (primary N) is 1. The zero-order chi connectivity index (χ0) is 13.4. The summed E-state index contributed by atoms with van der Waals surface area (Å²) in [5, 5.41) is 0. The van der Waals surface area contributed by atoms with Gasteiger partial charge in [0.2, 0.25) is 0 Å². The lowest BCUT2D eigenvalue weighted by Crippen LogP contribution is -2.15. The van der Waals surface area contributed by atoms with Crippen LogP contribution in [0.25, 0.3) is 0 Å². The summed E-state index contributed by atoms with van der Waals surface area (Å²) in [6.45, 7) is 4.92. The van der Waals surface area contributed by atoms with E-state index < -0.39 is 0 Å². The van der Waals surface area contributed by atoms with Gasteiger partial charge in [0.1, 0.15) is 0 Å². The molecule has 1 aromatic carbocycles. The molecule has 3 nitrogen and oxygen atoms in total. The summed E-state index contributed by atoms with van der Waals surface area (Å²) in [4.78, 5) is 0. The second kappa shape index (κ2) is 7.98. The highest BCUT2D eigenvalue weighted by Gasteiger charge is 2.06. The first-order chi connectivity index (χ1) is 8.67. The molecule has 1 unspecified atom stereocenters. The smallest absolute Gasteiger partial charge is 0.161 e. The molecule has 0 aromatic heterocycles.